The van der Waals surface area contributed by atoms with Crippen molar-refractivity contribution in [3.8, 4) is 0 Å². The first-order valence-corrected chi connectivity index (χ1v) is 10.3. The van der Waals surface area contributed by atoms with E-state index in [0.29, 0.717) is 23.9 Å². The average Bonchev–Trinajstić information content (AvgIpc) is 3.17. The zero-order valence-electron chi connectivity index (χ0n) is 13.7. The second-order valence-electron chi connectivity index (χ2n) is 5.64. The molecule has 1 aromatic carbocycles. The minimum Gasteiger partial charge on any atom is -0.336 e. The first-order chi connectivity index (χ1) is 12.2. The summed E-state index contributed by atoms with van der Waals surface area (Å²) in [5.74, 6) is -1.28. The van der Waals surface area contributed by atoms with Crippen LogP contribution < -0.4 is 15.5 Å². The fraction of sp³-hybridized carbons (Fsp3) is 0.267. The Morgan fingerprint density at radius 1 is 1.46 bits per heavy atom. The summed E-state index contributed by atoms with van der Waals surface area (Å²) in [6, 6.07) is 2.95. The van der Waals surface area contributed by atoms with Crippen molar-refractivity contribution in [2.45, 2.75) is 11.3 Å². The normalized spacial score (nSPS) is 14.4. The molecule has 8 nitrogen and oxygen atoms in total. The maximum atomic E-state index is 13.8. The van der Waals surface area contributed by atoms with Crippen LogP contribution in [0.5, 0.6) is 0 Å². The van der Waals surface area contributed by atoms with Crippen LogP contribution in [0.25, 0.3) is 0 Å². The number of anilines is 2. The molecule has 0 saturated carbocycles. The van der Waals surface area contributed by atoms with Crippen molar-refractivity contribution in [1.82, 2.24) is 10.3 Å². The first-order valence-electron chi connectivity index (χ1n) is 7.53. The van der Waals surface area contributed by atoms with Gasteiger partial charge in [0.1, 0.15) is 5.82 Å². The number of nitrogens with zero attached hydrogens (tertiary/aromatic N) is 2. The molecule has 1 aliphatic heterocycles. The molecule has 0 aliphatic carbocycles. The first kappa shape index (κ1) is 18.3. The molecule has 3 amide bonds. The Morgan fingerprint density at radius 2 is 2.23 bits per heavy atom. The Bertz CT molecular complexity index is 974. The van der Waals surface area contributed by atoms with Crippen LogP contribution in [0.4, 0.5) is 20.0 Å². The number of halogens is 1. The third-order valence-corrected chi connectivity index (χ3v) is 5.63. The van der Waals surface area contributed by atoms with Crippen LogP contribution >= 0.6 is 11.3 Å². The van der Waals surface area contributed by atoms with Crippen LogP contribution in [0.2, 0.25) is 0 Å². The Kier molecular flexibility index (Phi) is 4.92. The zero-order chi connectivity index (χ0) is 18.9. The average molecular weight is 398 g/mol. The van der Waals surface area contributed by atoms with Gasteiger partial charge in [-0.3, -0.25) is 9.69 Å². The molecule has 0 bridgehead atoms. The molecule has 0 atom stereocenters. The largest absolute Gasteiger partial charge is 0.336 e. The predicted molar refractivity (Wildman–Crippen MR) is 94.7 cm³/mol. The molecule has 2 N–H and O–H groups in total. The van der Waals surface area contributed by atoms with Crippen molar-refractivity contribution in [2.24, 2.45) is 0 Å². The number of rotatable bonds is 5. The topological polar surface area (TPSA) is 108 Å². The lowest BCUT2D eigenvalue weighted by Gasteiger charge is -2.09. The minimum absolute atomic E-state index is 0.0924. The van der Waals surface area contributed by atoms with Gasteiger partial charge in [0.05, 0.1) is 22.7 Å². The van der Waals surface area contributed by atoms with Crippen molar-refractivity contribution in [3.05, 3.63) is 35.1 Å². The molecule has 1 saturated heterocycles. The second-order valence-corrected chi connectivity index (χ2v) is 8.50. The number of carbonyl (C=O) groups is 2. The molecule has 1 fully saturated rings. The summed E-state index contributed by atoms with van der Waals surface area (Å²) in [4.78, 5) is 29.4. The molecule has 0 unspecified atom stereocenters. The molecular weight excluding hydrogens is 383 g/mol. The fourth-order valence-corrected chi connectivity index (χ4v) is 3.84. The van der Waals surface area contributed by atoms with E-state index in [1.54, 1.807) is 5.38 Å². The molecule has 11 heteroatoms. The molecule has 0 radical (unpaired) electrons. The van der Waals surface area contributed by atoms with Crippen LogP contribution in [-0.4, -0.2) is 44.7 Å². The highest BCUT2D eigenvalue weighted by molar-refractivity contribution is 7.90. The summed E-state index contributed by atoms with van der Waals surface area (Å²) >= 11 is 1.23. The van der Waals surface area contributed by atoms with Gasteiger partial charge in [0.15, 0.2) is 15.0 Å². The highest BCUT2D eigenvalue weighted by atomic mass is 32.2. The quantitative estimate of drug-likeness (QED) is 0.740. The smallest absolute Gasteiger partial charge is 0.323 e. The number of amides is 3. The van der Waals surface area contributed by atoms with Crippen molar-refractivity contribution >= 4 is 43.9 Å². The number of aromatic nitrogens is 1. The molecule has 0 spiro atoms. The van der Waals surface area contributed by atoms with Gasteiger partial charge in [0.25, 0.3) is 0 Å². The van der Waals surface area contributed by atoms with E-state index >= 15 is 0 Å². The highest BCUT2D eigenvalue weighted by Gasteiger charge is 2.24. The number of urea groups is 1. The summed E-state index contributed by atoms with van der Waals surface area (Å²) in [6.45, 7) is 1.03. The van der Waals surface area contributed by atoms with E-state index in [2.05, 4.69) is 15.6 Å². The van der Waals surface area contributed by atoms with Crippen LogP contribution in [0.15, 0.2) is 28.5 Å². The van der Waals surface area contributed by atoms with Crippen molar-refractivity contribution in [3.63, 3.8) is 0 Å². The van der Waals surface area contributed by atoms with E-state index in [9.17, 15) is 22.4 Å². The summed E-state index contributed by atoms with van der Waals surface area (Å²) in [7, 11) is -3.52. The number of carbonyl (C=O) groups excluding carboxylic acids is 2. The summed E-state index contributed by atoms with van der Waals surface area (Å²) in [5.41, 5.74) is 0.217. The predicted octanol–water partition coefficient (Wildman–Crippen LogP) is 1.40. The van der Waals surface area contributed by atoms with Crippen molar-refractivity contribution < 1.29 is 22.4 Å². The lowest BCUT2D eigenvalue weighted by molar-refractivity contribution is -0.115. The number of nitrogens with one attached hydrogen (secondary N) is 2. The second kappa shape index (κ2) is 7.00. The van der Waals surface area contributed by atoms with Crippen molar-refractivity contribution in [1.29, 1.82) is 0 Å². The van der Waals surface area contributed by atoms with Crippen LogP contribution in [0, 0.1) is 5.82 Å². The maximum Gasteiger partial charge on any atom is 0.323 e. The number of benzene rings is 1. The Hall–Kier alpha value is -2.53. The lowest BCUT2D eigenvalue weighted by Crippen LogP contribution is -2.27. The number of hydrogen-bond acceptors (Lipinski definition) is 6. The van der Waals surface area contributed by atoms with Crippen LogP contribution in [-0.2, 0) is 21.1 Å². The Labute approximate surface area is 153 Å². The highest BCUT2D eigenvalue weighted by Crippen LogP contribution is 2.23. The molecule has 138 valence electrons. The molecule has 3 rings (SSSR count). The summed E-state index contributed by atoms with van der Waals surface area (Å²) < 4.78 is 36.9. The van der Waals surface area contributed by atoms with Gasteiger partial charge in [0, 0.05) is 24.7 Å². The summed E-state index contributed by atoms with van der Waals surface area (Å²) in [5, 5.41) is 7.13. The number of thiazole rings is 1. The van der Waals surface area contributed by atoms with Gasteiger partial charge in [-0.2, -0.15) is 0 Å². The lowest BCUT2D eigenvalue weighted by atomic mass is 10.2. The Balaban J connectivity index is 1.70. The minimum atomic E-state index is -3.52. The van der Waals surface area contributed by atoms with Gasteiger partial charge in [-0.05, 0) is 18.2 Å². The molecular formula is C15H15FN4O4S2. The van der Waals surface area contributed by atoms with Gasteiger partial charge in [-0.1, -0.05) is 0 Å². The molecule has 1 aliphatic rings. The molecule has 26 heavy (non-hydrogen) atoms. The van der Waals surface area contributed by atoms with Crippen LogP contribution in [0.1, 0.15) is 5.69 Å². The van der Waals surface area contributed by atoms with E-state index in [4.69, 9.17) is 0 Å². The third-order valence-electron chi connectivity index (χ3n) is 3.61. The van der Waals surface area contributed by atoms with E-state index in [1.807, 2.05) is 0 Å². The van der Waals surface area contributed by atoms with E-state index in [-0.39, 0.29) is 23.0 Å². The monoisotopic (exact) mass is 398 g/mol. The summed E-state index contributed by atoms with van der Waals surface area (Å²) in [6.07, 6.45) is 0.867. The fourth-order valence-electron chi connectivity index (χ4n) is 2.35. The van der Waals surface area contributed by atoms with Crippen LogP contribution in [0.3, 0.4) is 0 Å². The molecule has 1 aromatic heterocycles. The van der Waals surface area contributed by atoms with Gasteiger partial charge in [-0.25, -0.2) is 22.6 Å². The SMILES string of the molecule is CS(=O)(=O)c1ccc(F)c(NC(=O)Cc2csc(N3CCNC3=O)n2)c1. The molecule has 2 aromatic rings. The van der Waals surface area contributed by atoms with E-state index in [1.165, 1.54) is 16.2 Å². The van der Waals surface area contributed by atoms with Gasteiger partial charge >= 0.3 is 6.03 Å². The van der Waals surface area contributed by atoms with Gasteiger partial charge in [0.2, 0.25) is 5.91 Å². The van der Waals surface area contributed by atoms with E-state index in [0.717, 1.165) is 24.5 Å². The third kappa shape index (κ3) is 3.99. The maximum absolute atomic E-state index is 13.8. The Morgan fingerprint density at radius 3 is 2.88 bits per heavy atom. The standard InChI is InChI=1S/C15H15FN4O4S2/c1-26(23,24)10-2-3-11(16)12(7-10)19-13(21)6-9-8-25-15(18-9)20-5-4-17-14(20)22/h2-3,7-8H,4-6H2,1H3,(H,17,22)(H,19,21). The number of sulfone groups is 1. The van der Waals surface area contributed by atoms with Crippen molar-refractivity contribution in [2.75, 3.05) is 29.6 Å². The number of hydrogen-bond donors (Lipinski definition) is 2. The van der Waals surface area contributed by atoms with Gasteiger partial charge in [-0.15, -0.1) is 11.3 Å². The van der Waals surface area contributed by atoms with Gasteiger partial charge < -0.3 is 10.6 Å². The van der Waals surface area contributed by atoms with E-state index < -0.39 is 21.6 Å². The zero-order valence-corrected chi connectivity index (χ0v) is 15.3. The molecule has 2 heterocycles.